The van der Waals surface area contributed by atoms with E-state index < -0.39 is 27.4 Å². The standard InChI is InChI=1S/C15H12ClN3O4S/c1-19-13(15(21)18-12-4-2-3-7-17-12)14(20)10-8-9(16)5-6-11(10)24(19,22)23/h2-8,20H,1H3,(H,17,18,21). The van der Waals surface area contributed by atoms with Crippen LogP contribution in [0.2, 0.25) is 5.02 Å². The number of fused-ring (bicyclic) bond motifs is 1. The van der Waals surface area contributed by atoms with Gasteiger partial charge in [-0.05, 0) is 30.3 Å². The molecule has 1 aliphatic heterocycles. The number of carbonyl (C=O) groups is 1. The molecule has 2 N–H and O–H groups in total. The van der Waals surface area contributed by atoms with Gasteiger partial charge < -0.3 is 10.4 Å². The van der Waals surface area contributed by atoms with Crippen LogP contribution in [0.25, 0.3) is 5.76 Å². The summed E-state index contributed by atoms with van der Waals surface area (Å²) < 4.78 is 25.9. The number of hydrogen-bond acceptors (Lipinski definition) is 5. The van der Waals surface area contributed by atoms with Crippen LogP contribution in [0.15, 0.2) is 53.2 Å². The average Bonchev–Trinajstić information content (AvgIpc) is 2.54. The number of likely N-dealkylation sites (N-methyl/N-ethyl adjacent to an activating group) is 1. The van der Waals surface area contributed by atoms with E-state index in [1.54, 1.807) is 12.1 Å². The number of anilines is 1. The first-order valence-corrected chi connectivity index (χ1v) is 8.58. The van der Waals surface area contributed by atoms with Crippen LogP contribution in [-0.4, -0.2) is 35.8 Å². The lowest BCUT2D eigenvalue weighted by Crippen LogP contribution is -2.37. The number of halogens is 1. The molecule has 0 bridgehead atoms. The smallest absolute Gasteiger partial charge is 0.277 e. The zero-order chi connectivity index (χ0) is 17.5. The fraction of sp³-hybridized carbons (Fsp3) is 0.0667. The van der Waals surface area contributed by atoms with Crippen molar-refractivity contribution in [3.8, 4) is 0 Å². The van der Waals surface area contributed by atoms with Gasteiger partial charge in [-0.25, -0.2) is 13.4 Å². The minimum Gasteiger partial charge on any atom is -0.505 e. The van der Waals surface area contributed by atoms with Gasteiger partial charge in [-0.15, -0.1) is 0 Å². The third kappa shape index (κ3) is 2.59. The molecule has 9 heteroatoms. The summed E-state index contributed by atoms with van der Waals surface area (Å²) in [5.74, 6) is -1.05. The van der Waals surface area contributed by atoms with Crippen molar-refractivity contribution in [2.24, 2.45) is 0 Å². The highest BCUT2D eigenvalue weighted by Gasteiger charge is 2.38. The number of nitrogens with zero attached hydrogens (tertiary/aromatic N) is 2. The number of sulfonamides is 1. The van der Waals surface area contributed by atoms with Crippen LogP contribution in [0.5, 0.6) is 0 Å². The fourth-order valence-corrected chi connectivity index (χ4v) is 3.87. The lowest BCUT2D eigenvalue weighted by Gasteiger charge is -2.28. The zero-order valence-corrected chi connectivity index (χ0v) is 14.0. The number of carbonyl (C=O) groups excluding carboxylic acids is 1. The first kappa shape index (κ1) is 16.3. The Morgan fingerprint density at radius 3 is 2.71 bits per heavy atom. The molecule has 3 rings (SSSR count). The molecule has 1 amide bonds. The van der Waals surface area contributed by atoms with Crippen LogP contribution in [-0.2, 0) is 14.8 Å². The Hall–Kier alpha value is -2.58. The molecule has 0 spiro atoms. The van der Waals surface area contributed by atoms with E-state index in [0.717, 1.165) is 4.31 Å². The van der Waals surface area contributed by atoms with Crippen molar-refractivity contribution < 1.29 is 18.3 Å². The molecule has 0 unspecified atom stereocenters. The van der Waals surface area contributed by atoms with Gasteiger partial charge >= 0.3 is 0 Å². The lowest BCUT2D eigenvalue weighted by atomic mass is 10.1. The van der Waals surface area contributed by atoms with Gasteiger partial charge in [-0.1, -0.05) is 17.7 Å². The second kappa shape index (κ2) is 5.81. The number of amides is 1. The summed E-state index contributed by atoms with van der Waals surface area (Å²) in [6.45, 7) is 0. The maximum Gasteiger partial charge on any atom is 0.277 e. The second-order valence-corrected chi connectivity index (χ2v) is 7.35. The summed E-state index contributed by atoms with van der Waals surface area (Å²) in [6.07, 6.45) is 1.47. The van der Waals surface area contributed by atoms with E-state index in [2.05, 4.69) is 10.3 Å². The summed E-state index contributed by atoms with van der Waals surface area (Å²) in [5, 5.41) is 13.1. The van der Waals surface area contributed by atoms with Gasteiger partial charge in [-0.2, -0.15) is 0 Å². The van der Waals surface area contributed by atoms with Crippen LogP contribution in [0.4, 0.5) is 5.82 Å². The van der Waals surface area contributed by atoms with E-state index >= 15 is 0 Å². The van der Waals surface area contributed by atoms with Crippen LogP contribution in [0.3, 0.4) is 0 Å². The molecule has 124 valence electrons. The molecule has 0 saturated heterocycles. The molecule has 1 aromatic heterocycles. The largest absolute Gasteiger partial charge is 0.505 e. The lowest BCUT2D eigenvalue weighted by molar-refractivity contribution is -0.113. The van der Waals surface area contributed by atoms with Gasteiger partial charge in [0.25, 0.3) is 15.9 Å². The Bertz CT molecular complexity index is 958. The predicted molar refractivity (Wildman–Crippen MR) is 88.8 cm³/mol. The summed E-state index contributed by atoms with van der Waals surface area (Å²) in [7, 11) is -2.79. The van der Waals surface area contributed by atoms with Crippen molar-refractivity contribution in [2.75, 3.05) is 12.4 Å². The Balaban J connectivity index is 2.12. The molecule has 24 heavy (non-hydrogen) atoms. The van der Waals surface area contributed by atoms with Gasteiger partial charge in [0.15, 0.2) is 11.5 Å². The summed E-state index contributed by atoms with van der Waals surface area (Å²) in [4.78, 5) is 16.3. The number of aliphatic hydroxyl groups is 1. The molecule has 2 aromatic rings. The van der Waals surface area contributed by atoms with Crippen LogP contribution >= 0.6 is 11.6 Å². The Morgan fingerprint density at radius 2 is 2.04 bits per heavy atom. The minimum absolute atomic E-state index is 0.0215. The minimum atomic E-state index is -3.98. The number of pyridine rings is 1. The molecule has 7 nitrogen and oxygen atoms in total. The number of nitrogens with one attached hydrogen (secondary N) is 1. The Morgan fingerprint density at radius 1 is 1.29 bits per heavy atom. The molecular formula is C15H12ClN3O4S. The molecule has 0 fully saturated rings. The highest BCUT2D eigenvalue weighted by molar-refractivity contribution is 7.89. The van der Waals surface area contributed by atoms with Crippen molar-refractivity contribution in [1.29, 1.82) is 0 Å². The van der Waals surface area contributed by atoms with Crippen LogP contribution in [0, 0.1) is 0 Å². The number of rotatable bonds is 2. The maximum absolute atomic E-state index is 12.6. The van der Waals surface area contributed by atoms with E-state index in [1.165, 1.54) is 37.5 Å². The molecule has 0 radical (unpaired) electrons. The highest BCUT2D eigenvalue weighted by Crippen LogP contribution is 2.36. The predicted octanol–water partition coefficient (Wildman–Crippen LogP) is 2.23. The van der Waals surface area contributed by atoms with Crippen molar-refractivity contribution in [3.05, 3.63) is 58.9 Å². The Kier molecular flexibility index (Phi) is 3.94. The quantitative estimate of drug-likeness (QED) is 0.850. The normalized spacial score (nSPS) is 15.8. The van der Waals surface area contributed by atoms with E-state index in [-0.39, 0.29) is 21.3 Å². The molecule has 0 saturated carbocycles. The molecule has 2 heterocycles. The van der Waals surface area contributed by atoms with Gasteiger partial charge in [0.1, 0.15) is 5.82 Å². The highest BCUT2D eigenvalue weighted by atomic mass is 35.5. The van der Waals surface area contributed by atoms with Crippen LogP contribution in [0.1, 0.15) is 5.56 Å². The second-order valence-electron chi connectivity index (χ2n) is 4.98. The third-order valence-corrected chi connectivity index (χ3v) is 5.55. The van der Waals surface area contributed by atoms with Gasteiger partial charge in [0.05, 0.1) is 4.90 Å². The maximum atomic E-state index is 12.6. The zero-order valence-electron chi connectivity index (χ0n) is 12.4. The molecule has 1 aromatic carbocycles. The number of hydrogen-bond donors (Lipinski definition) is 2. The van der Waals surface area contributed by atoms with E-state index in [0.29, 0.717) is 0 Å². The van der Waals surface area contributed by atoms with Crippen molar-refractivity contribution in [1.82, 2.24) is 9.29 Å². The average molecular weight is 366 g/mol. The monoisotopic (exact) mass is 365 g/mol. The first-order chi connectivity index (χ1) is 11.3. The fourth-order valence-electron chi connectivity index (χ4n) is 2.32. The van der Waals surface area contributed by atoms with Crippen LogP contribution < -0.4 is 5.32 Å². The third-order valence-electron chi connectivity index (χ3n) is 3.50. The van der Waals surface area contributed by atoms with Crippen molar-refractivity contribution in [3.63, 3.8) is 0 Å². The van der Waals surface area contributed by atoms with Gasteiger partial charge in [0, 0.05) is 23.8 Å². The van der Waals surface area contributed by atoms with Gasteiger partial charge in [-0.3, -0.25) is 9.10 Å². The summed E-state index contributed by atoms with van der Waals surface area (Å²) in [5.41, 5.74) is -0.429. The van der Waals surface area contributed by atoms with Gasteiger partial charge in [0.2, 0.25) is 0 Å². The van der Waals surface area contributed by atoms with Crippen molar-refractivity contribution in [2.45, 2.75) is 4.90 Å². The summed E-state index contributed by atoms with van der Waals surface area (Å²) in [6, 6.07) is 8.85. The molecular weight excluding hydrogens is 354 g/mol. The Labute approximate surface area is 143 Å². The van der Waals surface area contributed by atoms with E-state index in [9.17, 15) is 18.3 Å². The molecule has 0 atom stereocenters. The first-order valence-electron chi connectivity index (χ1n) is 6.77. The SMILES string of the molecule is CN1C(C(=O)Nc2ccccn2)=C(O)c2cc(Cl)ccc2S1(=O)=O. The number of benzene rings is 1. The molecule has 0 aliphatic carbocycles. The topological polar surface area (TPSA) is 99.6 Å². The number of aliphatic hydroxyl groups excluding tert-OH is 1. The molecule has 1 aliphatic rings. The summed E-state index contributed by atoms with van der Waals surface area (Å²) >= 11 is 5.88. The van der Waals surface area contributed by atoms with E-state index in [4.69, 9.17) is 11.6 Å². The number of aromatic nitrogens is 1. The van der Waals surface area contributed by atoms with E-state index in [1.807, 2.05) is 0 Å². The van der Waals surface area contributed by atoms with Crippen molar-refractivity contribution >= 4 is 39.1 Å².